The highest BCUT2D eigenvalue weighted by molar-refractivity contribution is 5.92. The zero-order chi connectivity index (χ0) is 12.1. The van der Waals surface area contributed by atoms with Crippen LogP contribution in [0.25, 0.3) is 6.08 Å². The third-order valence-corrected chi connectivity index (χ3v) is 2.04. The summed E-state index contributed by atoms with van der Waals surface area (Å²) < 4.78 is 1.42. The second-order valence-corrected chi connectivity index (χ2v) is 3.18. The molecule has 0 atom stereocenters. The Morgan fingerprint density at radius 3 is 2.81 bits per heavy atom. The van der Waals surface area contributed by atoms with Gasteiger partial charge in [-0.3, -0.25) is 9.59 Å². The molecule has 6 nitrogen and oxygen atoms in total. The van der Waals surface area contributed by atoms with Gasteiger partial charge in [0.2, 0.25) is 5.91 Å². The Morgan fingerprint density at radius 1 is 1.56 bits per heavy atom. The number of anilines is 1. The van der Waals surface area contributed by atoms with Crippen LogP contribution in [-0.2, 0) is 11.8 Å². The third kappa shape index (κ3) is 2.71. The first kappa shape index (κ1) is 12.0. The summed E-state index contributed by atoms with van der Waals surface area (Å²) in [6.07, 6.45) is 2.89. The Labute approximate surface area is 92.5 Å². The first-order valence-corrected chi connectivity index (χ1v) is 4.67. The minimum Gasteiger partial charge on any atom is -0.405 e. The Balaban J connectivity index is 3.14. The second kappa shape index (κ2) is 5.13. The SMILES string of the molecule is Cn1c(/C=C\N)cc(NC(=O)CN)cc1=O. The fraction of sp³-hybridized carbons (Fsp3) is 0.200. The first-order chi connectivity index (χ1) is 7.58. The topological polar surface area (TPSA) is 103 Å². The van der Waals surface area contributed by atoms with Crippen LogP contribution in [0, 0.1) is 0 Å². The smallest absolute Gasteiger partial charge is 0.252 e. The molecule has 0 saturated carbocycles. The van der Waals surface area contributed by atoms with Gasteiger partial charge in [-0.05, 0) is 18.3 Å². The maximum absolute atomic E-state index is 11.5. The van der Waals surface area contributed by atoms with E-state index in [1.807, 2.05) is 0 Å². The molecule has 0 aliphatic heterocycles. The average Bonchev–Trinajstić information content (AvgIpc) is 2.25. The van der Waals surface area contributed by atoms with E-state index >= 15 is 0 Å². The fourth-order valence-corrected chi connectivity index (χ4v) is 1.20. The van der Waals surface area contributed by atoms with E-state index in [0.29, 0.717) is 11.4 Å². The van der Waals surface area contributed by atoms with Gasteiger partial charge in [-0.15, -0.1) is 0 Å². The summed E-state index contributed by atoms with van der Waals surface area (Å²) in [5, 5.41) is 2.51. The fourth-order valence-electron chi connectivity index (χ4n) is 1.20. The summed E-state index contributed by atoms with van der Waals surface area (Å²) in [5.41, 5.74) is 11.2. The van der Waals surface area contributed by atoms with E-state index in [4.69, 9.17) is 11.5 Å². The van der Waals surface area contributed by atoms with Crippen LogP contribution >= 0.6 is 0 Å². The van der Waals surface area contributed by atoms with E-state index in [-0.39, 0.29) is 18.0 Å². The number of amides is 1. The van der Waals surface area contributed by atoms with Crippen LogP contribution in [-0.4, -0.2) is 17.0 Å². The molecule has 0 fully saturated rings. The van der Waals surface area contributed by atoms with Gasteiger partial charge in [0.1, 0.15) is 0 Å². The van der Waals surface area contributed by atoms with Gasteiger partial charge < -0.3 is 21.4 Å². The van der Waals surface area contributed by atoms with Crippen LogP contribution in [0.15, 0.2) is 23.1 Å². The van der Waals surface area contributed by atoms with Crippen molar-refractivity contribution in [1.82, 2.24) is 4.57 Å². The largest absolute Gasteiger partial charge is 0.405 e. The predicted octanol–water partition coefficient (Wildman–Crippen LogP) is -0.788. The van der Waals surface area contributed by atoms with Gasteiger partial charge >= 0.3 is 0 Å². The summed E-state index contributed by atoms with van der Waals surface area (Å²) in [6, 6.07) is 2.96. The van der Waals surface area contributed by atoms with Crippen molar-refractivity contribution < 1.29 is 4.79 Å². The first-order valence-electron chi connectivity index (χ1n) is 4.67. The monoisotopic (exact) mass is 222 g/mol. The molecule has 0 spiro atoms. The molecule has 1 aromatic heterocycles. The summed E-state index contributed by atoms with van der Waals surface area (Å²) in [7, 11) is 1.62. The van der Waals surface area contributed by atoms with Gasteiger partial charge in [-0.1, -0.05) is 0 Å². The predicted molar refractivity (Wildman–Crippen MR) is 62.6 cm³/mol. The van der Waals surface area contributed by atoms with Crippen LogP contribution in [0.2, 0.25) is 0 Å². The summed E-state index contributed by atoms with van der Waals surface area (Å²) in [4.78, 5) is 22.6. The maximum Gasteiger partial charge on any atom is 0.252 e. The van der Waals surface area contributed by atoms with Crippen molar-refractivity contribution in [2.24, 2.45) is 18.5 Å². The molecule has 86 valence electrons. The highest BCUT2D eigenvalue weighted by Crippen LogP contribution is 2.07. The number of rotatable bonds is 3. The van der Waals surface area contributed by atoms with Crippen LogP contribution in [0.1, 0.15) is 5.69 Å². The molecular formula is C10H14N4O2. The van der Waals surface area contributed by atoms with Gasteiger partial charge in [0.15, 0.2) is 0 Å². The highest BCUT2D eigenvalue weighted by atomic mass is 16.2. The lowest BCUT2D eigenvalue weighted by Crippen LogP contribution is -2.24. The third-order valence-electron chi connectivity index (χ3n) is 2.04. The molecule has 1 amide bonds. The number of carbonyl (C=O) groups excluding carboxylic acids is 1. The Hall–Kier alpha value is -2.08. The van der Waals surface area contributed by atoms with Gasteiger partial charge in [0.05, 0.1) is 6.54 Å². The van der Waals surface area contributed by atoms with Crippen LogP contribution in [0.5, 0.6) is 0 Å². The molecule has 0 radical (unpaired) electrons. The van der Waals surface area contributed by atoms with Crippen molar-refractivity contribution in [3.63, 3.8) is 0 Å². The lowest BCUT2D eigenvalue weighted by molar-refractivity contribution is -0.114. The zero-order valence-electron chi connectivity index (χ0n) is 8.93. The number of nitrogens with zero attached hydrogens (tertiary/aromatic N) is 1. The van der Waals surface area contributed by atoms with Gasteiger partial charge in [0.25, 0.3) is 5.56 Å². The van der Waals surface area contributed by atoms with E-state index in [1.54, 1.807) is 19.2 Å². The molecule has 0 aromatic carbocycles. The molecule has 0 unspecified atom stereocenters. The van der Waals surface area contributed by atoms with Crippen molar-refractivity contribution in [1.29, 1.82) is 0 Å². The Morgan fingerprint density at radius 2 is 2.25 bits per heavy atom. The zero-order valence-corrected chi connectivity index (χ0v) is 8.93. The van der Waals surface area contributed by atoms with E-state index in [1.165, 1.54) is 16.8 Å². The quantitative estimate of drug-likeness (QED) is 0.623. The second-order valence-electron chi connectivity index (χ2n) is 3.18. The molecule has 1 rings (SSSR count). The normalized spacial score (nSPS) is 10.6. The molecule has 1 aromatic rings. The van der Waals surface area contributed by atoms with Crippen molar-refractivity contribution in [3.8, 4) is 0 Å². The molecule has 5 N–H and O–H groups in total. The van der Waals surface area contributed by atoms with Crippen LogP contribution < -0.4 is 22.3 Å². The minimum atomic E-state index is -0.351. The molecular weight excluding hydrogens is 208 g/mol. The Kier molecular flexibility index (Phi) is 3.84. The number of nitrogens with two attached hydrogens (primary N) is 2. The van der Waals surface area contributed by atoms with Crippen molar-refractivity contribution in [3.05, 3.63) is 34.4 Å². The van der Waals surface area contributed by atoms with Gasteiger partial charge in [-0.2, -0.15) is 0 Å². The number of carbonyl (C=O) groups is 1. The summed E-state index contributed by atoms with van der Waals surface area (Å²) >= 11 is 0. The molecule has 0 saturated heterocycles. The number of aromatic nitrogens is 1. The lowest BCUT2D eigenvalue weighted by atomic mass is 10.3. The van der Waals surface area contributed by atoms with E-state index < -0.39 is 0 Å². The standard InChI is InChI=1S/C10H14N4O2/c1-14-8(2-3-11)4-7(5-10(14)16)13-9(15)6-12/h2-5H,6,11-12H2,1H3,(H,13,15)/b3-2-. The van der Waals surface area contributed by atoms with Gasteiger partial charge in [0, 0.05) is 24.5 Å². The number of pyridine rings is 1. The molecule has 16 heavy (non-hydrogen) atoms. The van der Waals surface area contributed by atoms with E-state index in [2.05, 4.69) is 5.32 Å². The molecule has 6 heteroatoms. The summed E-state index contributed by atoms with van der Waals surface area (Å²) in [6.45, 7) is -0.128. The van der Waals surface area contributed by atoms with Crippen molar-refractivity contribution in [2.45, 2.75) is 0 Å². The van der Waals surface area contributed by atoms with Crippen LogP contribution in [0.4, 0.5) is 5.69 Å². The summed E-state index contributed by atoms with van der Waals surface area (Å²) in [5.74, 6) is -0.351. The highest BCUT2D eigenvalue weighted by Gasteiger charge is 2.03. The number of hydrogen-bond acceptors (Lipinski definition) is 4. The van der Waals surface area contributed by atoms with Crippen LogP contribution in [0.3, 0.4) is 0 Å². The minimum absolute atomic E-state index is 0.128. The maximum atomic E-state index is 11.5. The van der Waals surface area contributed by atoms with Crippen molar-refractivity contribution in [2.75, 3.05) is 11.9 Å². The molecule has 0 aliphatic rings. The lowest BCUT2D eigenvalue weighted by Gasteiger charge is -2.07. The van der Waals surface area contributed by atoms with E-state index in [9.17, 15) is 9.59 Å². The average molecular weight is 222 g/mol. The van der Waals surface area contributed by atoms with E-state index in [0.717, 1.165) is 0 Å². The van der Waals surface area contributed by atoms with Gasteiger partial charge in [-0.25, -0.2) is 0 Å². The molecule has 1 heterocycles. The molecule has 0 bridgehead atoms. The Bertz CT molecular complexity index is 476. The molecule has 0 aliphatic carbocycles. The number of hydrogen-bond donors (Lipinski definition) is 3. The van der Waals surface area contributed by atoms with Crippen molar-refractivity contribution >= 4 is 17.7 Å². The number of nitrogens with one attached hydrogen (secondary N) is 1.